The number of halogens is 6. The molecule has 4 nitrogen and oxygen atoms in total. The molecule has 0 aliphatic carbocycles. The molecule has 0 spiro atoms. The van der Waals surface area contributed by atoms with Crippen LogP contribution in [0.25, 0.3) is 0 Å². The summed E-state index contributed by atoms with van der Waals surface area (Å²) in [7, 11) is 0. The minimum absolute atomic E-state index is 0.205. The Hall–Kier alpha value is -2.62. The molecule has 0 atom stereocenters. The van der Waals surface area contributed by atoms with E-state index in [1.165, 1.54) is 4.90 Å². The molecule has 0 N–H and O–H groups in total. The number of piperazine rings is 1. The van der Waals surface area contributed by atoms with Gasteiger partial charge in [-0.15, -0.1) is 0 Å². The van der Waals surface area contributed by atoms with E-state index in [1.807, 2.05) is 30.3 Å². The van der Waals surface area contributed by atoms with E-state index in [-0.39, 0.29) is 13.1 Å². The third-order valence-electron chi connectivity index (χ3n) is 4.56. The molecule has 1 amide bonds. The van der Waals surface area contributed by atoms with Crippen LogP contribution in [0, 0.1) is 0 Å². The molecule has 10 heteroatoms. The number of pyridine rings is 1. The van der Waals surface area contributed by atoms with Crippen molar-refractivity contribution < 1.29 is 31.1 Å². The molecular weight excluding hydrogens is 400 g/mol. The van der Waals surface area contributed by atoms with Gasteiger partial charge >= 0.3 is 12.4 Å². The Labute approximate surface area is 162 Å². The quantitative estimate of drug-likeness (QED) is 0.707. The molecule has 3 rings (SSSR count). The van der Waals surface area contributed by atoms with Crippen molar-refractivity contribution in [1.29, 1.82) is 0 Å². The van der Waals surface area contributed by atoms with Crippen LogP contribution in [0.4, 0.5) is 26.3 Å². The minimum Gasteiger partial charge on any atom is -0.336 e. The summed E-state index contributed by atoms with van der Waals surface area (Å²) >= 11 is 0. The zero-order valence-corrected chi connectivity index (χ0v) is 15.1. The molecular formula is C19H17F6N3O. The van der Waals surface area contributed by atoms with Gasteiger partial charge in [-0.1, -0.05) is 30.3 Å². The monoisotopic (exact) mass is 417 g/mol. The summed E-state index contributed by atoms with van der Waals surface area (Å²) in [6.45, 7) is 1.98. The van der Waals surface area contributed by atoms with Crippen molar-refractivity contribution in [3.63, 3.8) is 0 Å². The summed E-state index contributed by atoms with van der Waals surface area (Å²) in [4.78, 5) is 18.5. The van der Waals surface area contributed by atoms with Crippen LogP contribution in [-0.2, 0) is 18.9 Å². The Morgan fingerprint density at radius 2 is 1.38 bits per heavy atom. The van der Waals surface area contributed by atoms with Gasteiger partial charge in [0.2, 0.25) is 0 Å². The fourth-order valence-corrected chi connectivity index (χ4v) is 3.08. The van der Waals surface area contributed by atoms with Gasteiger partial charge in [-0.05, 0) is 17.7 Å². The number of carbonyl (C=O) groups is 1. The standard InChI is InChI=1S/C19H17F6N3O/c20-18(21,22)15-10-14(11-16(26-15)19(23,24)25)17(29)28-8-6-27(7-9-28)12-13-4-2-1-3-5-13/h1-5,10-11H,6-9,12H2. The van der Waals surface area contributed by atoms with Gasteiger partial charge in [0.15, 0.2) is 0 Å². The molecule has 2 heterocycles. The van der Waals surface area contributed by atoms with Gasteiger partial charge in [0.25, 0.3) is 5.91 Å². The van der Waals surface area contributed by atoms with Gasteiger partial charge in [-0.2, -0.15) is 26.3 Å². The largest absolute Gasteiger partial charge is 0.433 e. The van der Waals surface area contributed by atoms with Crippen molar-refractivity contribution >= 4 is 5.91 Å². The van der Waals surface area contributed by atoms with Gasteiger partial charge in [-0.3, -0.25) is 9.69 Å². The van der Waals surface area contributed by atoms with Crippen LogP contribution >= 0.6 is 0 Å². The van der Waals surface area contributed by atoms with Crippen LogP contribution < -0.4 is 0 Å². The zero-order chi connectivity index (χ0) is 21.2. The van der Waals surface area contributed by atoms with Crippen LogP contribution in [0.1, 0.15) is 27.3 Å². The van der Waals surface area contributed by atoms with Crippen molar-refractivity contribution in [2.45, 2.75) is 18.9 Å². The second-order valence-electron chi connectivity index (χ2n) is 6.68. The number of amides is 1. The van der Waals surface area contributed by atoms with Gasteiger partial charge in [0, 0.05) is 38.3 Å². The number of carbonyl (C=O) groups excluding carboxylic acids is 1. The first-order valence-corrected chi connectivity index (χ1v) is 8.76. The topological polar surface area (TPSA) is 36.4 Å². The van der Waals surface area contributed by atoms with E-state index in [9.17, 15) is 31.1 Å². The average molecular weight is 417 g/mol. The van der Waals surface area contributed by atoms with Gasteiger partial charge < -0.3 is 4.90 Å². The van der Waals surface area contributed by atoms with E-state index in [0.717, 1.165) is 5.56 Å². The molecule has 1 aliphatic rings. The fraction of sp³-hybridized carbons (Fsp3) is 0.368. The van der Waals surface area contributed by atoms with Gasteiger partial charge in [0.1, 0.15) is 11.4 Å². The number of alkyl halides is 6. The molecule has 0 radical (unpaired) electrons. The lowest BCUT2D eigenvalue weighted by Gasteiger charge is -2.35. The van der Waals surface area contributed by atoms with E-state index >= 15 is 0 Å². The Morgan fingerprint density at radius 3 is 1.86 bits per heavy atom. The summed E-state index contributed by atoms with van der Waals surface area (Å²) < 4.78 is 77.6. The summed E-state index contributed by atoms with van der Waals surface area (Å²) in [6, 6.07) is 10.3. The highest BCUT2D eigenvalue weighted by molar-refractivity contribution is 5.94. The summed E-state index contributed by atoms with van der Waals surface area (Å²) in [6.07, 6.45) is -10.2. The summed E-state index contributed by atoms with van der Waals surface area (Å²) in [5.41, 5.74) is -3.07. The fourth-order valence-electron chi connectivity index (χ4n) is 3.08. The second-order valence-corrected chi connectivity index (χ2v) is 6.68. The highest BCUT2D eigenvalue weighted by atomic mass is 19.4. The summed E-state index contributed by atoms with van der Waals surface area (Å²) in [5, 5.41) is 0. The summed E-state index contributed by atoms with van der Waals surface area (Å²) in [5.74, 6) is -0.872. The number of aromatic nitrogens is 1. The number of hydrogen-bond donors (Lipinski definition) is 0. The molecule has 2 aromatic rings. The van der Waals surface area contributed by atoms with Crippen LogP contribution in [0.15, 0.2) is 42.5 Å². The van der Waals surface area contributed by atoms with Gasteiger partial charge in [0.05, 0.1) is 0 Å². The lowest BCUT2D eigenvalue weighted by atomic mass is 10.1. The smallest absolute Gasteiger partial charge is 0.336 e. The van der Waals surface area contributed by atoms with Crippen LogP contribution in [0.5, 0.6) is 0 Å². The Balaban J connectivity index is 1.73. The predicted octanol–water partition coefficient (Wildman–Crippen LogP) is 4.08. The highest BCUT2D eigenvalue weighted by Crippen LogP contribution is 2.34. The maximum absolute atomic E-state index is 12.9. The molecule has 1 aromatic heterocycles. The Morgan fingerprint density at radius 1 is 0.862 bits per heavy atom. The zero-order valence-electron chi connectivity index (χ0n) is 15.1. The lowest BCUT2D eigenvalue weighted by molar-refractivity contribution is -0.150. The van der Waals surface area contributed by atoms with Crippen LogP contribution in [0.2, 0.25) is 0 Å². The second kappa shape index (κ2) is 8.02. The first kappa shape index (κ1) is 21.1. The molecule has 29 heavy (non-hydrogen) atoms. The lowest BCUT2D eigenvalue weighted by Crippen LogP contribution is -2.48. The molecule has 0 bridgehead atoms. The Bertz CT molecular complexity index is 826. The molecule has 156 valence electrons. The maximum atomic E-state index is 12.9. The maximum Gasteiger partial charge on any atom is 0.433 e. The first-order valence-electron chi connectivity index (χ1n) is 8.76. The van der Waals surface area contributed by atoms with E-state index in [1.54, 1.807) is 0 Å². The third kappa shape index (κ3) is 5.26. The molecule has 1 fully saturated rings. The molecule has 0 unspecified atom stereocenters. The SMILES string of the molecule is O=C(c1cc(C(F)(F)F)nc(C(F)(F)F)c1)N1CCN(Cc2ccccc2)CC1. The van der Waals surface area contributed by atoms with Crippen LogP contribution in [0.3, 0.4) is 0 Å². The van der Waals surface area contributed by atoms with E-state index in [2.05, 4.69) is 9.88 Å². The molecule has 1 aliphatic heterocycles. The molecule has 1 saturated heterocycles. The van der Waals surface area contributed by atoms with Crippen LogP contribution in [-0.4, -0.2) is 46.9 Å². The van der Waals surface area contributed by atoms with Crippen molar-refractivity contribution in [1.82, 2.24) is 14.8 Å². The van der Waals surface area contributed by atoms with Crippen molar-refractivity contribution in [3.8, 4) is 0 Å². The van der Waals surface area contributed by atoms with E-state index < -0.39 is 35.2 Å². The molecule has 0 saturated carbocycles. The number of benzene rings is 1. The number of nitrogens with zero attached hydrogens (tertiary/aromatic N) is 3. The Kier molecular flexibility index (Phi) is 5.83. The first-order chi connectivity index (χ1) is 13.5. The van der Waals surface area contributed by atoms with Gasteiger partial charge in [-0.25, -0.2) is 4.98 Å². The van der Waals surface area contributed by atoms with E-state index in [0.29, 0.717) is 31.8 Å². The minimum atomic E-state index is -5.09. The van der Waals surface area contributed by atoms with E-state index in [4.69, 9.17) is 0 Å². The number of hydrogen-bond acceptors (Lipinski definition) is 3. The van der Waals surface area contributed by atoms with Crippen molar-refractivity contribution in [3.05, 3.63) is 65.0 Å². The normalized spacial score (nSPS) is 16.1. The predicted molar refractivity (Wildman–Crippen MR) is 91.9 cm³/mol. The molecule has 1 aromatic carbocycles. The van der Waals surface area contributed by atoms with Crippen molar-refractivity contribution in [2.75, 3.05) is 26.2 Å². The van der Waals surface area contributed by atoms with Crippen molar-refractivity contribution in [2.24, 2.45) is 0 Å². The number of rotatable bonds is 3. The highest BCUT2D eigenvalue weighted by Gasteiger charge is 2.40. The third-order valence-corrected chi connectivity index (χ3v) is 4.56. The average Bonchev–Trinajstić information content (AvgIpc) is 2.67.